The molecule has 0 aromatic rings. The van der Waals surface area contributed by atoms with Crippen LogP contribution in [0.25, 0.3) is 0 Å². The zero-order chi connectivity index (χ0) is 12.7. The van der Waals surface area contributed by atoms with Crippen molar-refractivity contribution >= 4 is 0 Å². The zero-order valence-electron chi connectivity index (χ0n) is 12.0. The molecule has 3 nitrogen and oxygen atoms in total. The van der Waals surface area contributed by atoms with Crippen molar-refractivity contribution in [1.29, 1.82) is 0 Å². The van der Waals surface area contributed by atoms with Crippen LogP contribution in [0.4, 0.5) is 0 Å². The van der Waals surface area contributed by atoms with Crippen molar-refractivity contribution in [2.45, 2.75) is 65.1 Å². The predicted molar refractivity (Wildman–Crippen MR) is 73.4 cm³/mol. The SMILES string of the molecule is CCCNCC(CCC)N1CC(C)OCC1C. The number of nitrogens with zero attached hydrogens (tertiary/aromatic N) is 1. The average Bonchev–Trinajstić information content (AvgIpc) is 2.32. The third kappa shape index (κ3) is 4.94. The molecule has 0 radical (unpaired) electrons. The van der Waals surface area contributed by atoms with E-state index in [2.05, 4.69) is 37.9 Å². The quantitative estimate of drug-likeness (QED) is 0.693. The third-order valence-electron chi connectivity index (χ3n) is 3.55. The van der Waals surface area contributed by atoms with Gasteiger partial charge >= 0.3 is 0 Å². The monoisotopic (exact) mass is 242 g/mol. The van der Waals surface area contributed by atoms with E-state index in [-0.39, 0.29) is 0 Å². The Hall–Kier alpha value is -0.120. The molecular weight excluding hydrogens is 212 g/mol. The Bertz CT molecular complexity index is 199. The van der Waals surface area contributed by atoms with Gasteiger partial charge in [-0.1, -0.05) is 20.3 Å². The van der Waals surface area contributed by atoms with Gasteiger partial charge < -0.3 is 10.1 Å². The molecule has 0 saturated carbocycles. The van der Waals surface area contributed by atoms with Crippen molar-refractivity contribution < 1.29 is 4.74 Å². The van der Waals surface area contributed by atoms with Gasteiger partial charge in [0, 0.05) is 25.2 Å². The van der Waals surface area contributed by atoms with Gasteiger partial charge in [-0.25, -0.2) is 0 Å². The molecule has 3 unspecified atom stereocenters. The summed E-state index contributed by atoms with van der Waals surface area (Å²) in [5.41, 5.74) is 0. The van der Waals surface area contributed by atoms with Gasteiger partial charge in [-0.05, 0) is 33.2 Å². The molecular formula is C14H30N2O. The van der Waals surface area contributed by atoms with Crippen LogP contribution < -0.4 is 5.32 Å². The molecule has 17 heavy (non-hydrogen) atoms. The third-order valence-corrected chi connectivity index (χ3v) is 3.55. The van der Waals surface area contributed by atoms with Crippen LogP contribution in [0.2, 0.25) is 0 Å². The largest absolute Gasteiger partial charge is 0.376 e. The molecule has 1 heterocycles. The van der Waals surface area contributed by atoms with Gasteiger partial charge in [-0.15, -0.1) is 0 Å². The Kier molecular flexibility index (Phi) is 7.09. The van der Waals surface area contributed by atoms with Gasteiger partial charge in [-0.2, -0.15) is 0 Å². The summed E-state index contributed by atoms with van der Waals surface area (Å²) in [5, 5.41) is 3.57. The van der Waals surface area contributed by atoms with Gasteiger partial charge in [0.15, 0.2) is 0 Å². The van der Waals surface area contributed by atoms with E-state index in [0.717, 1.165) is 26.2 Å². The highest BCUT2D eigenvalue weighted by atomic mass is 16.5. The first-order valence-corrected chi connectivity index (χ1v) is 7.27. The smallest absolute Gasteiger partial charge is 0.0674 e. The van der Waals surface area contributed by atoms with Crippen LogP contribution in [-0.4, -0.2) is 49.3 Å². The molecule has 0 aliphatic carbocycles. The number of nitrogens with one attached hydrogen (secondary N) is 1. The number of hydrogen-bond donors (Lipinski definition) is 1. The Morgan fingerprint density at radius 1 is 1.29 bits per heavy atom. The summed E-state index contributed by atoms with van der Waals surface area (Å²) in [7, 11) is 0. The lowest BCUT2D eigenvalue weighted by Gasteiger charge is -2.42. The Labute approximate surface area is 107 Å². The van der Waals surface area contributed by atoms with Crippen LogP contribution in [0.15, 0.2) is 0 Å². The molecule has 0 spiro atoms. The average molecular weight is 242 g/mol. The maximum absolute atomic E-state index is 5.71. The number of ether oxygens (including phenoxy) is 1. The molecule has 1 N–H and O–H groups in total. The number of morpholine rings is 1. The molecule has 3 atom stereocenters. The van der Waals surface area contributed by atoms with E-state index >= 15 is 0 Å². The fraction of sp³-hybridized carbons (Fsp3) is 1.00. The van der Waals surface area contributed by atoms with E-state index < -0.39 is 0 Å². The first-order valence-electron chi connectivity index (χ1n) is 7.27. The van der Waals surface area contributed by atoms with Gasteiger partial charge in [0.25, 0.3) is 0 Å². The van der Waals surface area contributed by atoms with Crippen LogP contribution in [0.3, 0.4) is 0 Å². The molecule has 3 heteroatoms. The first-order chi connectivity index (χ1) is 8.19. The second kappa shape index (κ2) is 8.06. The van der Waals surface area contributed by atoms with Crippen molar-refractivity contribution in [3.05, 3.63) is 0 Å². The highest BCUT2D eigenvalue weighted by molar-refractivity contribution is 4.83. The standard InChI is InChI=1S/C14H30N2O/c1-5-7-14(9-15-8-6-2)16-10-13(4)17-11-12(16)3/h12-15H,5-11H2,1-4H3. The summed E-state index contributed by atoms with van der Waals surface area (Å²) >= 11 is 0. The summed E-state index contributed by atoms with van der Waals surface area (Å²) in [4.78, 5) is 2.64. The fourth-order valence-electron chi connectivity index (χ4n) is 2.60. The summed E-state index contributed by atoms with van der Waals surface area (Å²) in [5.74, 6) is 0. The minimum Gasteiger partial charge on any atom is -0.376 e. The zero-order valence-corrected chi connectivity index (χ0v) is 12.0. The van der Waals surface area contributed by atoms with E-state index in [4.69, 9.17) is 4.74 Å². The molecule has 1 aliphatic rings. The molecule has 0 amide bonds. The van der Waals surface area contributed by atoms with Crippen LogP contribution in [0.1, 0.15) is 47.0 Å². The minimum atomic E-state index is 0.386. The highest BCUT2D eigenvalue weighted by Gasteiger charge is 2.28. The van der Waals surface area contributed by atoms with E-state index in [1.54, 1.807) is 0 Å². The molecule has 0 bridgehead atoms. The van der Waals surface area contributed by atoms with Crippen LogP contribution in [0, 0.1) is 0 Å². The van der Waals surface area contributed by atoms with Crippen LogP contribution in [-0.2, 0) is 4.74 Å². The summed E-state index contributed by atoms with van der Waals surface area (Å²) in [6.07, 6.45) is 4.15. The summed E-state index contributed by atoms with van der Waals surface area (Å²) < 4.78 is 5.71. The van der Waals surface area contributed by atoms with Crippen molar-refractivity contribution in [1.82, 2.24) is 10.2 Å². The normalized spacial score (nSPS) is 28.2. The Morgan fingerprint density at radius 3 is 2.71 bits per heavy atom. The number of rotatable bonds is 7. The molecule has 102 valence electrons. The van der Waals surface area contributed by atoms with Crippen molar-refractivity contribution in [3.8, 4) is 0 Å². The lowest BCUT2D eigenvalue weighted by Crippen LogP contribution is -2.54. The van der Waals surface area contributed by atoms with Crippen molar-refractivity contribution in [2.75, 3.05) is 26.2 Å². The Morgan fingerprint density at radius 2 is 2.06 bits per heavy atom. The lowest BCUT2D eigenvalue weighted by molar-refractivity contribution is -0.0668. The van der Waals surface area contributed by atoms with Gasteiger partial charge in [-0.3, -0.25) is 4.90 Å². The summed E-state index contributed by atoms with van der Waals surface area (Å²) in [6, 6.07) is 1.24. The van der Waals surface area contributed by atoms with E-state index in [1.165, 1.54) is 19.3 Å². The molecule has 1 fully saturated rings. The first kappa shape index (κ1) is 14.9. The molecule has 0 aromatic carbocycles. The van der Waals surface area contributed by atoms with E-state index in [9.17, 15) is 0 Å². The van der Waals surface area contributed by atoms with Crippen LogP contribution >= 0.6 is 0 Å². The molecule has 1 saturated heterocycles. The van der Waals surface area contributed by atoms with Gasteiger partial charge in [0.05, 0.1) is 12.7 Å². The second-order valence-corrected chi connectivity index (χ2v) is 5.34. The van der Waals surface area contributed by atoms with Crippen molar-refractivity contribution in [2.24, 2.45) is 0 Å². The molecule has 1 aliphatic heterocycles. The predicted octanol–water partition coefficient (Wildman–Crippen LogP) is 2.26. The minimum absolute atomic E-state index is 0.386. The van der Waals surface area contributed by atoms with Crippen molar-refractivity contribution in [3.63, 3.8) is 0 Å². The van der Waals surface area contributed by atoms with E-state index in [0.29, 0.717) is 18.2 Å². The maximum Gasteiger partial charge on any atom is 0.0674 e. The van der Waals surface area contributed by atoms with E-state index in [1.807, 2.05) is 0 Å². The van der Waals surface area contributed by atoms with Gasteiger partial charge in [0.2, 0.25) is 0 Å². The van der Waals surface area contributed by atoms with Gasteiger partial charge in [0.1, 0.15) is 0 Å². The Balaban J connectivity index is 2.48. The topological polar surface area (TPSA) is 24.5 Å². The summed E-state index contributed by atoms with van der Waals surface area (Å²) in [6.45, 7) is 13.2. The second-order valence-electron chi connectivity index (χ2n) is 5.34. The highest BCUT2D eigenvalue weighted by Crippen LogP contribution is 2.17. The lowest BCUT2D eigenvalue weighted by atomic mass is 10.1. The molecule has 0 aromatic heterocycles. The molecule has 1 rings (SSSR count). The maximum atomic E-state index is 5.71. The fourth-order valence-corrected chi connectivity index (χ4v) is 2.60. The number of hydrogen-bond acceptors (Lipinski definition) is 3. The van der Waals surface area contributed by atoms with Crippen LogP contribution in [0.5, 0.6) is 0 Å².